The van der Waals surface area contributed by atoms with E-state index in [2.05, 4.69) is 17.3 Å². The van der Waals surface area contributed by atoms with Gasteiger partial charge in [0.05, 0.1) is 63.7 Å². The normalized spacial score (nSPS) is 14.6. The first-order chi connectivity index (χ1) is 13.5. The van der Waals surface area contributed by atoms with Crippen LogP contribution in [0.1, 0.15) is 15.9 Å². The summed E-state index contributed by atoms with van der Waals surface area (Å²) in [6.07, 6.45) is 0.228. The number of benzene rings is 2. The Morgan fingerprint density at radius 3 is 2.46 bits per heavy atom. The molecule has 2 N–H and O–H groups in total. The predicted octanol–water partition coefficient (Wildman–Crippen LogP) is 1.64. The van der Waals surface area contributed by atoms with Crippen molar-refractivity contribution in [3.8, 4) is 0 Å². The molecule has 3 rings (SSSR count). The number of piperazine rings is 1. The summed E-state index contributed by atoms with van der Waals surface area (Å²) in [6.45, 7) is 3.83. The lowest BCUT2D eigenvalue weighted by atomic mass is 10.1. The van der Waals surface area contributed by atoms with Crippen LogP contribution < -0.4 is 15.1 Å². The second-order valence-corrected chi connectivity index (χ2v) is 7.46. The lowest BCUT2D eigenvalue weighted by Crippen LogP contribution is -3.12. The Bertz CT molecular complexity index is 846. The summed E-state index contributed by atoms with van der Waals surface area (Å²) >= 11 is 5.90. The molecule has 2 aromatic rings. The standard InChI is InChI=1S/C21H24ClN3O3/c1-24-9-11-25(12-10-24)19-8-5-16(21(27)28-2)14-18(19)23-20(26)13-15-3-6-17(22)7-4-15/h3-8,14H,9-13H2,1-2H3,(H,23,26)/p+1. The van der Waals surface area contributed by atoms with E-state index in [-0.39, 0.29) is 12.3 Å². The number of esters is 1. The molecule has 28 heavy (non-hydrogen) atoms. The highest BCUT2D eigenvalue weighted by atomic mass is 35.5. The molecule has 6 nitrogen and oxygen atoms in total. The maximum Gasteiger partial charge on any atom is 0.337 e. The molecule has 0 saturated carbocycles. The average molecular weight is 403 g/mol. The van der Waals surface area contributed by atoms with Crippen LogP contribution >= 0.6 is 11.6 Å². The van der Waals surface area contributed by atoms with Crippen molar-refractivity contribution in [1.82, 2.24) is 0 Å². The summed E-state index contributed by atoms with van der Waals surface area (Å²) in [5.41, 5.74) is 2.83. The van der Waals surface area contributed by atoms with Gasteiger partial charge in [-0.3, -0.25) is 4.79 Å². The number of carbonyl (C=O) groups excluding carboxylic acids is 2. The SMILES string of the molecule is COC(=O)c1ccc(N2CC[NH+](C)CC2)c(NC(=O)Cc2ccc(Cl)cc2)c1. The first kappa shape index (κ1) is 20.2. The van der Waals surface area contributed by atoms with Crippen LogP contribution in [0.2, 0.25) is 5.02 Å². The van der Waals surface area contributed by atoms with Gasteiger partial charge in [-0.2, -0.15) is 0 Å². The highest BCUT2D eigenvalue weighted by Crippen LogP contribution is 2.28. The second kappa shape index (κ2) is 9.08. The maximum atomic E-state index is 12.6. The molecule has 1 amide bonds. The van der Waals surface area contributed by atoms with Gasteiger partial charge in [-0.25, -0.2) is 4.79 Å². The van der Waals surface area contributed by atoms with E-state index in [0.29, 0.717) is 16.3 Å². The molecule has 1 aliphatic heterocycles. The summed E-state index contributed by atoms with van der Waals surface area (Å²) < 4.78 is 4.82. The number of hydrogen-bond acceptors (Lipinski definition) is 4. The monoisotopic (exact) mass is 402 g/mol. The van der Waals surface area contributed by atoms with Crippen molar-refractivity contribution in [3.05, 3.63) is 58.6 Å². The molecule has 0 aromatic heterocycles. The Morgan fingerprint density at radius 2 is 1.82 bits per heavy atom. The van der Waals surface area contributed by atoms with Gasteiger partial charge in [0, 0.05) is 5.02 Å². The summed E-state index contributed by atoms with van der Waals surface area (Å²) in [5, 5.41) is 3.61. The molecule has 148 valence electrons. The van der Waals surface area contributed by atoms with Crippen molar-refractivity contribution < 1.29 is 19.2 Å². The lowest BCUT2D eigenvalue weighted by Gasteiger charge is -2.33. The van der Waals surface area contributed by atoms with Crippen LogP contribution in [0.15, 0.2) is 42.5 Å². The molecule has 1 fully saturated rings. The Kier molecular flexibility index (Phi) is 6.54. The Balaban J connectivity index is 1.82. The summed E-state index contributed by atoms with van der Waals surface area (Å²) in [7, 11) is 3.52. The van der Waals surface area contributed by atoms with Crippen molar-refractivity contribution in [2.24, 2.45) is 0 Å². The van der Waals surface area contributed by atoms with Crippen LogP contribution in [0.25, 0.3) is 0 Å². The van der Waals surface area contributed by atoms with Gasteiger partial charge in [-0.1, -0.05) is 23.7 Å². The number of anilines is 2. The second-order valence-electron chi connectivity index (χ2n) is 7.02. The maximum absolute atomic E-state index is 12.6. The Morgan fingerprint density at radius 1 is 1.14 bits per heavy atom. The number of halogens is 1. The van der Waals surface area contributed by atoms with Gasteiger partial charge < -0.3 is 19.9 Å². The van der Waals surface area contributed by atoms with Crippen molar-refractivity contribution >= 4 is 34.9 Å². The third-order valence-corrected chi connectivity index (χ3v) is 5.18. The van der Waals surface area contributed by atoms with Gasteiger partial charge in [0.2, 0.25) is 5.91 Å². The van der Waals surface area contributed by atoms with Gasteiger partial charge in [0.1, 0.15) is 0 Å². The fourth-order valence-electron chi connectivity index (χ4n) is 3.27. The number of likely N-dealkylation sites (N-methyl/N-ethyl adjacent to an activating group) is 1. The molecule has 1 heterocycles. The first-order valence-corrected chi connectivity index (χ1v) is 9.67. The molecule has 1 aliphatic rings. The van der Waals surface area contributed by atoms with E-state index < -0.39 is 5.97 Å². The van der Waals surface area contributed by atoms with Gasteiger partial charge >= 0.3 is 5.97 Å². The Hall–Kier alpha value is -2.57. The van der Waals surface area contributed by atoms with Crippen LogP contribution in [-0.4, -0.2) is 52.2 Å². The van der Waals surface area contributed by atoms with Crippen LogP contribution in [0.3, 0.4) is 0 Å². The fraction of sp³-hybridized carbons (Fsp3) is 0.333. The zero-order valence-corrected chi connectivity index (χ0v) is 16.9. The molecule has 0 atom stereocenters. The van der Waals surface area contributed by atoms with Crippen LogP contribution in [0, 0.1) is 0 Å². The largest absolute Gasteiger partial charge is 0.465 e. The van der Waals surface area contributed by atoms with Crippen LogP contribution in [0.4, 0.5) is 11.4 Å². The zero-order valence-electron chi connectivity index (χ0n) is 16.1. The number of hydrogen-bond donors (Lipinski definition) is 2. The quantitative estimate of drug-likeness (QED) is 0.746. The third kappa shape index (κ3) is 5.03. The van der Waals surface area contributed by atoms with Crippen LogP contribution in [-0.2, 0) is 16.0 Å². The number of nitrogens with zero attached hydrogens (tertiary/aromatic N) is 1. The van der Waals surface area contributed by atoms with E-state index in [1.54, 1.807) is 24.3 Å². The molecule has 2 aromatic carbocycles. The zero-order chi connectivity index (χ0) is 20.1. The molecule has 0 radical (unpaired) electrons. The summed E-state index contributed by atoms with van der Waals surface area (Å²) in [4.78, 5) is 28.3. The number of methoxy groups -OCH3 is 1. The molecule has 0 spiro atoms. The van der Waals surface area contributed by atoms with E-state index in [1.165, 1.54) is 12.0 Å². The van der Waals surface area contributed by atoms with Crippen molar-refractivity contribution in [2.45, 2.75) is 6.42 Å². The van der Waals surface area contributed by atoms with Crippen molar-refractivity contribution in [2.75, 3.05) is 50.6 Å². The average Bonchev–Trinajstić information content (AvgIpc) is 2.70. The smallest absolute Gasteiger partial charge is 0.337 e. The van der Waals surface area contributed by atoms with E-state index in [1.807, 2.05) is 18.2 Å². The molecular weight excluding hydrogens is 378 g/mol. The minimum atomic E-state index is -0.428. The number of rotatable bonds is 5. The highest BCUT2D eigenvalue weighted by molar-refractivity contribution is 6.30. The molecule has 1 saturated heterocycles. The van der Waals surface area contributed by atoms with Crippen molar-refractivity contribution in [3.63, 3.8) is 0 Å². The molecule has 7 heteroatoms. The number of ether oxygens (including phenoxy) is 1. The summed E-state index contributed by atoms with van der Waals surface area (Å²) in [6, 6.07) is 12.5. The highest BCUT2D eigenvalue weighted by Gasteiger charge is 2.21. The van der Waals surface area contributed by atoms with Crippen LogP contribution in [0.5, 0.6) is 0 Å². The molecule has 0 bridgehead atoms. The van der Waals surface area contributed by atoms with E-state index in [9.17, 15) is 9.59 Å². The number of nitrogens with one attached hydrogen (secondary N) is 2. The molecule has 0 unspecified atom stereocenters. The Labute approximate surface area is 170 Å². The van der Waals surface area contributed by atoms with Gasteiger partial charge in [-0.15, -0.1) is 0 Å². The summed E-state index contributed by atoms with van der Waals surface area (Å²) in [5.74, 6) is -0.576. The fourth-order valence-corrected chi connectivity index (χ4v) is 3.39. The molecule has 0 aliphatic carbocycles. The minimum absolute atomic E-state index is 0.148. The third-order valence-electron chi connectivity index (χ3n) is 4.93. The van der Waals surface area contributed by atoms with E-state index in [4.69, 9.17) is 16.3 Å². The number of carbonyl (C=O) groups is 2. The predicted molar refractivity (Wildman–Crippen MR) is 110 cm³/mol. The topological polar surface area (TPSA) is 63.1 Å². The molecular formula is C21H25ClN3O3+. The lowest BCUT2D eigenvalue weighted by molar-refractivity contribution is -0.880. The van der Waals surface area contributed by atoms with E-state index >= 15 is 0 Å². The first-order valence-electron chi connectivity index (χ1n) is 9.29. The van der Waals surface area contributed by atoms with Gasteiger partial charge in [0.25, 0.3) is 0 Å². The van der Waals surface area contributed by atoms with E-state index in [0.717, 1.165) is 37.4 Å². The van der Waals surface area contributed by atoms with Gasteiger partial charge in [0.15, 0.2) is 0 Å². The van der Waals surface area contributed by atoms with Gasteiger partial charge in [-0.05, 0) is 35.9 Å². The number of quaternary nitrogens is 1. The minimum Gasteiger partial charge on any atom is -0.465 e. The number of amides is 1. The van der Waals surface area contributed by atoms with Crippen molar-refractivity contribution in [1.29, 1.82) is 0 Å².